The Morgan fingerprint density at radius 3 is 2.96 bits per heavy atom. The van der Waals surface area contributed by atoms with E-state index in [1.807, 2.05) is 0 Å². The Kier molecular flexibility index (Phi) is 8.46. The molecular weight excluding hydrogens is 324 g/mol. The molecule has 1 amide bonds. The van der Waals surface area contributed by atoms with Gasteiger partial charge in [0.15, 0.2) is 5.82 Å². The third-order valence-electron chi connectivity index (χ3n) is 3.81. The molecule has 9 heteroatoms. The number of likely N-dealkylation sites (tertiary alicyclic amines) is 1. The zero-order valence-electron chi connectivity index (χ0n) is 13.5. The summed E-state index contributed by atoms with van der Waals surface area (Å²) >= 11 is 0. The van der Waals surface area contributed by atoms with E-state index in [-0.39, 0.29) is 24.4 Å². The molecule has 1 fully saturated rings. The van der Waals surface area contributed by atoms with Gasteiger partial charge in [0.2, 0.25) is 11.8 Å². The monoisotopic (exact) mass is 348 g/mol. The SMILES string of the molecule is CCC[C@H]1CN(Cc2nc(COC)no2)C[C@@H]1NC(=O)CO.Cl. The van der Waals surface area contributed by atoms with Crippen LogP contribution in [0.1, 0.15) is 31.5 Å². The highest BCUT2D eigenvalue weighted by Gasteiger charge is 2.33. The number of rotatable bonds is 8. The number of carbonyl (C=O) groups is 1. The summed E-state index contributed by atoms with van der Waals surface area (Å²) in [4.78, 5) is 17.9. The summed E-state index contributed by atoms with van der Waals surface area (Å²) in [5.41, 5.74) is 0. The molecule has 1 aliphatic heterocycles. The molecule has 1 aliphatic rings. The van der Waals surface area contributed by atoms with Crippen LogP contribution in [0, 0.1) is 5.92 Å². The van der Waals surface area contributed by atoms with Gasteiger partial charge in [-0.3, -0.25) is 9.69 Å². The maximum atomic E-state index is 11.4. The molecule has 0 bridgehead atoms. The number of amides is 1. The molecule has 2 heterocycles. The normalized spacial score (nSPS) is 21.2. The van der Waals surface area contributed by atoms with Gasteiger partial charge in [-0.2, -0.15) is 4.98 Å². The third kappa shape index (κ3) is 5.72. The lowest BCUT2D eigenvalue weighted by molar-refractivity contribution is -0.124. The van der Waals surface area contributed by atoms with Crippen molar-refractivity contribution in [1.29, 1.82) is 0 Å². The van der Waals surface area contributed by atoms with E-state index in [0.717, 1.165) is 25.9 Å². The fourth-order valence-electron chi connectivity index (χ4n) is 2.90. The summed E-state index contributed by atoms with van der Waals surface area (Å²) in [5.74, 6) is 1.14. The molecule has 132 valence electrons. The van der Waals surface area contributed by atoms with Crippen molar-refractivity contribution in [2.24, 2.45) is 5.92 Å². The summed E-state index contributed by atoms with van der Waals surface area (Å²) in [6, 6.07) is 0.0565. The van der Waals surface area contributed by atoms with Crippen LogP contribution < -0.4 is 5.32 Å². The fourth-order valence-corrected chi connectivity index (χ4v) is 2.90. The maximum absolute atomic E-state index is 11.4. The Balaban J connectivity index is 0.00000264. The number of methoxy groups -OCH3 is 1. The van der Waals surface area contributed by atoms with Crippen LogP contribution in [-0.2, 0) is 22.7 Å². The van der Waals surface area contributed by atoms with Crippen molar-refractivity contribution in [2.75, 3.05) is 26.8 Å². The third-order valence-corrected chi connectivity index (χ3v) is 3.81. The summed E-state index contributed by atoms with van der Waals surface area (Å²) < 4.78 is 10.2. The van der Waals surface area contributed by atoms with Gasteiger partial charge in [0.05, 0.1) is 6.54 Å². The van der Waals surface area contributed by atoms with E-state index in [2.05, 4.69) is 27.3 Å². The molecule has 0 aliphatic carbocycles. The highest BCUT2D eigenvalue weighted by Crippen LogP contribution is 2.23. The minimum absolute atomic E-state index is 0. The number of ether oxygens (including phenoxy) is 1. The van der Waals surface area contributed by atoms with Crippen LogP contribution in [0.4, 0.5) is 0 Å². The average Bonchev–Trinajstić information content (AvgIpc) is 3.08. The van der Waals surface area contributed by atoms with E-state index in [9.17, 15) is 4.79 Å². The number of nitrogens with one attached hydrogen (secondary N) is 1. The van der Waals surface area contributed by atoms with Gasteiger partial charge < -0.3 is 19.7 Å². The minimum Gasteiger partial charge on any atom is -0.387 e. The molecule has 1 saturated heterocycles. The van der Waals surface area contributed by atoms with Crippen molar-refractivity contribution in [3.63, 3.8) is 0 Å². The molecule has 0 aromatic carbocycles. The Morgan fingerprint density at radius 1 is 1.52 bits per heavy atom. The van der Waals surface area contributed by atoms with E-state index >= 15 is 0 Å². The lowest BCUT2D eigenvalue weighted by Gasteiger charge is -2.18. The van der Waals surface area contributed by atoms with Crippen molar-refractivity contribution in [3.05, 3.63) is 11.7 Å². The Hall–Kier alpha value is -1.22. The Morgan fingerprint density at radius 2 is 2.30 bits per heavy atom. The van der Waals surface area contributed by atoms with Crippen molar-refractivity contribution < 1.29 is 19.2 Å². The predicted molar refractivity (Wildman–Crippen MR) is 85.0 cm³/mol. The van der Waals surface area contributed by atoms with Crippen LogP contribution in [-0.4, -0.2) is 58.9 Å². The van der Waals surface area contributed by atoms with Crippen LogP contribution in [0.5, 0.6) is 0 Å². The number of halogens is 1. The van der Waals surface area contributed by atoms with Gasteiger partial charge in [-0.15, -0.1) is 12.4 Å². The van der Waals surface area contributed by atoms with E-state index in [1.165, 1.54) is 0 Å². The second-order valence-electron chi connectivity index (χ2n) is 5.61. The van der Waals surface area contributed by atoms with Gasteiger partial charge in [-0.05, 0) is 12.3 Å². The van der Waals surface area contributed by atoms with Gasteiger partial charge in [0, 0.05) is 26.2 Å². The molecule has 23 heavy (non-hydrogen) atoms. The quantitative estimate of drug-likeness (QED) is 0.699. The number of nitrogens with zero attached hydrogens (tertiary/aromatic N) is 3. The highest BCUT2D eigenvalue weighted by molar-refractivity contribution is 5.85. The molecule has 8 nitrogen and oxygen atoms in total. The van der Waals surface area contributed by atoms with E-state index < -0.39 is 6.61 Å². The number of hydrogen-bond donors (Lipinski definition) is 2. The summed E-state index contributed by atoms with van der Waals surface area (Å²) in [5, 5.41) is 15.6. The van der Waals surface area contributed by atoms with Crippen LogP contribution in [0.2, 0.25) is 0 Å². The second-order valence-corrected chi connectivity index (χ2v) is 5.61. The largest absolute Gasteiger partial charge is 0.387 e. The number of aliphatic hydroxyl groups excluding tert-OH is 1. The molecule has 0 radical (unpaired) electrons. The van der Waals surface area contributed by atoms with Crippen molar-refractivity contribution in [1.82, 2.24) is 20.4 Å². The molecule has 0 saturated carbocycles. The molecule has 1 aromatic heterocycles. The lowest BCUT2D eigenvalue weighted by Crippen LogP contribution is -2.41. The average molecular weight is 349 g/mol. The Bertz CT molecular complexity index is 485. The van der Waals surface area contributed by atoms with Crippen molar-refractivity contribution >= 4 is 18.3 Å². The lowest BCUT2D eigenvalue weighted by atomic mass is 9.98. The second kappa shape index (κ2) is 9.82. The van der Waals surface area contributed by atoms with Gasteiger partial charge in [0.25, 0.3) is 0 Å². The van der Waals surface area contributed by atoms with Gasteiger partial charge >= 0.3 is 0 Å². The number of aromatic nitrogens is 2. The Labute approximate surface area is 142 Å². The van der Waals surface area contributed by atoms with Crippen molar-refractivity contribution in [2.45, 2.75) is 39.0 Å². The molecule has 2 rings (SSSR count). The predicted octanol–water partition coefficient (Wildman–Crippen LogP) is 0.347. The first-order chi connectivity index (χ1) is 10.7. The van der Waals surface area contributed by atoms with Gasteiger partial charge in [-0.1, -0.05) is 18.5 Å². The molecule has 2 atom stereocenters. The van der Waals surface area contributed by atoms with Gasteiger partial charge in [-0.25, -0.2) is 0 Å². The summed E-state index contributed by atoms with van der Waals surface area (Å²) in [6.07, 6.45) is 2.09. The number of aliphatic hydroxyl groups is 1. The first-order valence-electron chi connectivity index (χ1n) is 7.59. The van der Waals surface area contributed by atoms with Gasteiger partial charge in [0.1, 0.15) is 13.2 Å². The number of carbonyl (C=O) groups excluding carboxylic acids is 1. The molecule has 1 aromatic rings. The van der Waals surface area contributed by atoms with Crippen LogP contribution in [0.3, 0.4) is 0 Å². The van der Waals surface area contributed by atoms with E-state index in [0.29, 0.717) is 30.8 Å². The standard InChI is InChI=1S/C14H24N4O4.ClH/c1-3-4-10-5-18(6-11(10)15-13(20)8-19)7-14-16-12(9-21-2)17-22-14;/h10-11,19H,3-9H2,1-2H3,(H,15,20);1H/t10-,11-;/m0./s1. The highest BCUT2D eigenvalue weighted by atomic mass is 35.5. The molecular formula is C14H25ClN4O4. The van der Waals surface area contributed by atoms with Crippen LogP contribution in [0.25, 0.3) is 0 Å². The smallest absolute Gasteiger partial charge is 0.245 e. The van der Waals surface area contributed by atoms with E-state index in [4.69, 9.17) is 14.4 Å². The van der Waals surface area contributed by atoms with Crippen LogP contribution in [0.15, 0.2) is 4.52 Å². The molecule has 0 spiro atoms. The maximum Gasteiger partial charge on any atom is 0.245 e. The summed E-state index contributed by atoms with van der Waals surface area (Å²) in [7, 11) is 1.58. The topological polar surface area (TPSA) is 101 Å². The molecule has 0 unspecified atom stereocenters. The molecule has 2 N–H and O–H groups in total. The number of hydrogen-bond acceptors (Lipinski definition) is 7. The van der Waals surface area contributed by atoms with Crippen LogP contribution >= 0.6 is 12.4 Å². The first-order valence-corrected chi connectivity index (χ1v) is 7.59. The minimum atomic E-state index is -0.473. The summed E-state index contributed by atoms with van der Waals surface area (Å²) in [6.45, 7) is 4.13. The van der Waals surface area contributed by atoms with E-state index in [1.54, 1.807) is 7.11 Å². The fraction of sp³-hybridized carbons (Fsp3) is 0.786. The zero-order chi connectivity index (χ0) is 15.9. The van der Waals surface area contributed by atoms with Crippen molar-refractivity contribution in [3.8, 4) is 0 Å². The zero-order valence-corrected chi connectivity index (χ0v) is 14.3. The first kappa shape index (κ1) is 19.8.